The van der Waals surface area contributed by atoms with Crippen LogP contribution >= 0.6 is 11.3 Å². The lowest BCUT2D eigenvalue weighted by atomic mass is 10.1. The molecule has 4 rings (SSSR count). The third kappa shape index (κ3) is 5.04. The van der Waals surface area contributed by atoms with Gasteiger partial charge in [0.1, 0.15) is 0 Å². The standard InChI is InChI=1S/C24H24N4O3S/c25-22(29)20-7-3-13-28(20)15-17-5-1-2-6-19(17)27-23(30)16-9-11-18(12-10-16)26-24(31)21-8-4-14-32-21/h1-2,4-6,8-12,14,20H,3,7,13,15H2,(H2,25,29)(H,26,31)(H,27,30). The number of primary amides is 1. The number of para-hydroxylation sites is 1. The zero-order valence-electron chi connectivity index (χ0n) is 17.4. The number of likely N-dealkylation sites (tertiary alicyclic amines) is 1. The molecule has 3 aromatic rings. The van der Waals surface area contributed by atoms with Gasteiger partial charge in [-0.25, -0.2) is 0 Å². The van der Waals surface area contributed by atoms with Crippen LogP contribution in [0.1, 0.15) is 38.4 Å². The number of rotatable bonds is 7. The minimum Gasteiger partial charge on any atom is -0.368 e. The predicted octanol–water partition coefficient (Wildman–Crippen LogP) is 3.70. The van der Waals surface area contributed by atoms with Crippen molar-refractivity contribution >= 4 is 40.4 Å². The second-order valence-electron chi connectivity index (χ2n) is 7.65. The summed E-state index contributed by atoms with van der Waals surface area (Å²) in [5.41, 5.74) is 8.25. The van der Waals surface area contributed by atoms with Gasteiger partial charge in [-0.1, -0.05) is 24.3 Å². The van der Waals surface area contributed by atoms with Crippen molar-refractivity contribution in [1.29, 1.82) is 0 Å². The topological polar surface area (TPSA) is 105 Å². The summed E-state index contributed by atoms with van der Waals surface area (Å²) < 4.78 is 0. The Morgan fingerprint density at radius 3 is 2.47 bits per heavy atom. The fraction of sp³-hybridized carbons (Fsp3) is 0.208. The Morgan fingerprint density at radius 2 is 1.75 bits per heavy atom. The minimum absolute atomic E-state index is 0.178. The molecule has 32 heavy (non-hydrogen) atoms. The van der Waals surface area contributed by atoms with E-state index in [1.807, 2.05) is 35.7 Å². The van der Waals surface area contributed by atoms with E-state index in [2.05, 4.69) is 15.5 Å². The number of carbonyl (C=O) groups excluding carboxylic acids is 3. The number of amides is 3. The third-order valence-corrected chi connectivity index (χ3v) is 6.35. The number of carbonyl (C=O) groups is 3. The molecule has 1 aromatic heterocycles. The van der Waals surface area contributed by atoms with Crippen LogP contribution in [0, 0.1) is 0 Å². The minimum atomic E-state index is -0.310. The maximum Gasteiger partial charge on any atom is 0.265 e. The van der Waals surface area contributed by atoms with Crippen LogP contribution in [-0.2, 0) is 11.3 Å². The van der Waals surface area contributed by atoms with E-state index in [0.717, 1.165) is 24.9 Å². The van der Waals surface area contributed by atoms with Crippen molar-refractivity contribution in [3.8, 4) is 0 Å². The maximum absolute atomic E-state index is 12.8. The van der Waals surface area contributed by atoms with Crippen molar-refractivity contribution in [3.05, 3.63) is 82.0 Å². The number of thiophene rings is 1. The maximum atomic E-state index is 12.8. The van der Waals surface area contributed by atoms with E-state index in [1.54, 1.807) is 30.3 Å². The third-order valence-electron chi connectivity index (χ3n) is 5.48. The zero-order chi connectivity index (χ0) is 22.5. The van der Waals surface area contributed by atoms with Crippen molar-refractivity contribution in [2.45, 2.75) is 25.4 Å². The van der Waals surface area contributed by atoms with Gasteiger partial charge in [-0.05, 0) is 66.7 Å². The normalized spacial score (nSPS) is 15.9. The molecule has 0 spiro atoms. The first-order valence-corrected chi connectivity index (χ1v) is 11.3. The Bertz CT molecular complexity index is 1110. The quantitative estimate of drug-likeness (QED) is 0.513. The Labute approximate surface area is 190 Å². The van der Waals surface area contributed by atoms with E-state index < -0.39 is 0 Å². The lowest BCUT2D eigenvalue weighted by molar-refractivity contribution is -0.122. The van der Waals surface area contributed by atoms with Crippen LogP contribution in [0.4, 0.5) is 11.4 Å². The fourth-order valence-electron chi connectivity index (χ4n) is 3.84. The number of nitrogens with one attached hydrogen (secondary N) is 2. The number of benzene rings is 2. The number of hydrogen-bond acceptors (Lipinski definition) is 5. The summed E-state index contributed by atoms with van der Waals surface area (Å²) in [5, 5.41) is 7.62. The zero-order valence-corrected chi connectivity index (χ0v) is 18.2. The van der Waals surface area contributed by atoms with E-state index in [4.69, 9.17) is 5.73 Å². The molecule has 3 amide bonds. The van der Waals surface area contributed by atoms with E-state index in [-0.39, 0.29) is 23.8 Å². The van der Waals surface area contributed by atoms with Crippen LogP contribution in [0.25, 0.3) is 0 Å². The molecule has 0 saturated carbocycles. The van der Waals surface area contributed by atoms with Crippen molar-refractivity contribution in [3.63, 3.8) is 0 Å². The highest BCUT2D eigenvalue weighted by Gasteiger charge is 2.29. The molecule has 1 saturated heterocycles. The van der Waals surface area contributed by atoms with E-state index >= 15 is 0 Å². The molecule has 1 atom stereocenters. The molecular weight excluding hydrogens is 424 g/mol. The summed E-state index contributed by atoms with van der Waals surface area (Å²) in [7, 11) is 0. The average molecular weight is 449 g/mol. The molecule has 1 aliphatic rings. The molecule has 2 aromatic carbocycles. The first-order chi connectivity index (χ1) is 15.5. The number of anilines is 2. The Balaban J connectivity index is 1.42. The Kier molecular flexibility index (Phi) is 6.63. The summed E-state index contributed by atoms with van der Waals surface area (Å²) in [6.07, 6.45) is 1.69. The van der Waals surface area contributed by atoms with Crippen molar-refractivity contribution in [2.24, 2.45) is 5.73 Å². The van der Waals surface area contributed by atoms with Gasteiger partial charge in [0.15, 0.2) is 0 Å². The summed E-state index contributed by atoms with van der Waals surface area (Å²) in [4.78, 5) is 39.4. The summed E-state index contributed by atoms with van der Waals surface area (Å²) in [5.74, 6) is -0.737. The lowest BCUT2D eigenvalue weighted by Crippen LogP contribution is -2.39. The number of hydrogen-bond donors (Lipinski definition) is 3. The second kappa shape index (κ2) is 9.76. The smallest absolute Gasteiger partial charge is 0.265 e. The Morgan fingerprint density at radius 1 is 0.969 bits per heavy atom. The van der Waals surface area contributed by atoms with E-state index in [0.29, 0.717) is 28.4 Å². The predicted molar refractivity (Wildman–Crippen MR) is 126 cm³/mol. The number of nitrogens with two attached hydrogens (primary N) is 1. The highest BCUT2D eigenvalue weighted by molar-refractivity contribution is 7.12. The molecule has 0 bridgehead atoms. The van der Waals surface area contributed by atoms with Gasteiger partial charge in [0.05, 0.1) is 10.9 Å². The van der Waals surface area contributed by atoms with Gasteiger partial charge in [0.25, 0.3) is 11.8 Å². The van der Waals surface area contributed by atoms with Crippen molar-refractivity contribution < 1.29 is 14.4 Å². The molecule has 1 fully saturated rings. The van der Waals surface area contributed by atoms with Gasteiger partial charge in [0, 0.05) is 23.5 Å². The van der Waals surface area contributed by atoms with Crippen LogP contribution in [0.15, 0.2) is 66.0 Å². The van der Waals surface area contributed by atoms with Gasteiger partial charge in [0.2, 0.25) is 5.91 Å². The molecule has 8 heteroatoms. The highest BCUT2D eigenvalue weighted by Crippen LogP contribution is 2.24. The summed E-state index contributed by atoms with van der Waals surface area (Å²) in [6.45, 7) is 1.34. The Hall–Kier alpha value is -3.49. The molecule has 0 radical (unpaired) electrons. The molecule has 1 unspecified atom stereocenters. The van der Waals surface area contributed by atoms with Gasteiger partial charge in [-0.3, -0.25) is 19.3 Å². The van der Waals surface area contributed by atoms with Crippen LogP contribution < -0.4 is 16.4 Å². The van der Waals surface area contributed by atoms with E-state index in [9.17, 15) is 14.4 Å². The van der Waals surface area contributed by atoms with Gasteiger partial charge in [-0.15, -0.1) is 11.3 Å². The lowest BCUT2D eigenvalue weighted by Gasteiger charge is -2.23. The van der Waals surface area contributed by atoms with Crippen LogP contribution in [0.2, 0.25) is 0 Å². The van der Waals surface area contributed by atoms with Crippen LogP contribution in [-0.4, -0.2) is 35.2 Å². The van der Waals surface area contributed by atoms with Gasteiger partial charge >= 0.3 is 0 Å². The molecular formula is C24H24N4O3S. The fourth-order valence-corrected chi connectivity index (χ4v) is 4.46. The molecule has 164 valence electrons. The number of nitrogens with zero attached hydrogens (tertiary/aromatic N) is 1. The summed E-state index contributed by atoms with van der Waals surface area (Å²) in [6, 6.07) is 17.6. The van der Waals surface area contributed by atoms with Gasteiger partial charge in [-0.2, -0.15) is 0 Å². The molecule has 0 aliphatic carbocycles. The van der Waals surface area contributed by atoms with E-state index in [1.165, 1.54) is 11.3 Å². The molecule has 7 nitrogen and oxygen atoms in total. The monoisotopic (exact) mass is 448 g/mol. The highest BCUT2D eigenvalue weighted by atomic mass is 32.1. The SMILES string of the molecule is NC(=O)C1CCCN1Cc1ccccc1NC(=O)c1ccc(NC(=O)c2cccs2)cc1. The summed E-state index contributed by atoms with van der Waals surface area (Å²) >= 11 is 1.37. The van der Waals surface area contributed by atoms with Crippen molar-refractivity contribution in [1.82, 2.24) is 4.90 Å². The van der Waals surface area contributed by atoms with Gasteiger partial charge < -0.3 is 16.4 Å². The van der Waals surface area contributed by atoms with Crippen LogP contribution in [0.3, 0.4) is 0 Å². The molecule has 4 N–H and O–H groups in total. The van der Waals surface area contributed by atoms with Crippen LogP contribution in [0.5, 0.6) is 0 Å². The largest absolute Gasteiger partial charge is 0.368 e. The molecule has 1 aliphatic heterocycles. The average Bonchev–Trinajstić information content (AvgIpc) is 3.48. The second-order valence-corrected chi connectivity index (χ2v) is 8.60. The van der Waals surface area contributed by atoms with Crippen molar-refractivity contribution in [2.75, 3.05) is 17.2 Å². The first kappa shape index (κ1) is 21.7. The molecule has 2 heterocycles. The first-order valence-electron chi connectivity index (χ1n) is 10.4.